The van der Waals surface area contributed by atoms with E-state index in [-0.39, 0.29) is 12.4 Å². The highest BCUT2D eigenvalue weighted by Gasteiger charge is 2.01. The highest BCUT2D eigenvalue weighted by atomic mass is 32.2. The second kappa shape index (κ2) is 6.94. The summed E-state index contributed by atoms with van der Waals surface area (Å²) in [7, 11) is 0. The SMILES string of the molecule is C=C(C)C(=O)CCCCOS(=O)[O-]. The van der Waals surface area contributed by atoms with Gasteiger partial charge in [-0.05, 0) is 25.3 Å². The molecule has 0 heterocycles. The van der Waals surface area contributed by atoms with Crippen LogP contribution in [0.4, 0.5) is 0 Å². The van der Waals surface area contributed by atoms with Crippen molar-refractivity contribution >= 4 is 17.1 Å². The van der Waals surface area contributed by atoms with Crippen LogP contribution < -0.4 is 0 Å². The number of unbranched alkanes of at least 4 members (excludes halogenated alkanes) is 1. The van der Waals surface area contributed by atoms with E-state index >= 15 is 0 Å². The first-order chi connectivity index (χ1) is 6.04. The first kappa shape index (κ1) is 12.5. The molecule has 4 nitrogen and oxygen atoms in total. The lowest BCUT2D eigenvalue weighted by molar-refractivity contribution is -0.115. The average molecular weight is 205 g/mol. The molecule has 0 aliphatic carbocycles. The average Bonchev–Trinajstić information content (AvgIpc) is 2.02. The maximum absolute atomic E-state index is 11.0. The molecule has 5 heteroatoms. The summed E-state index contributed by atoms with van der Waals surface area (Å²) in [6.45, 7) is 5.30. The van der Waals surface area contributed by atoms with Crippen LogP contribution in [0.25, 0.3) is 0 Å². The van der Waals surface area contributed by atoms with E-state index in [9.17, 15) is 13.6 Å². The van der Waals surface area contributed by atoms with Crippen molar-refractivity contribution in [2.45, 2.75) is 26.2 Å². The summed E-state index contributed by atoms with van der Waals surface area (Å²) in [6, 6.07) is 0. The number of Topliss-reactive ketones (excluding diaryl/α,β-unsaturated/α-hetero) is 1. The lowest BCUT2D eigenvalue weighted by Crippen LogP contribution is -2.01. The zero-order chi connectivity index (χ0) is 10.3. The summed E-state index contributed by atoms with van der Waals surface area (Å²) in [5, 5.41) is 0. The summed E-state index contributed by atoms with van der Waals surface area (Å²) < 4.78 is 24.1. The van der Waals surface area contributed by atoms with Crippen molar-refractivity contribution in [3.63, 3.8) is 0 Å². The van der Waals surface area contributed by atoms with E-state index in [0.29, 0.717) is 24.8 Å². The molecule has 0 amide bonds. The van der Waals surface area contributed by atoms with Gasteiger partial charge in [0, 0.05) is 6.42 Å². The van der Waals surface area contributed by atoms with E-state index in [0.717, 1.165) is 0 Å². The Morgan fingerprint density at radius 1 is 1.54 bits per heavy atom. The minimum absolute atomic E-state index is 0.0169. The number of hydrogen-bond acceptors (Lipinski definition) is 4. The topological polar surface area (TPSA) is 66.4 Å². The smallest absolute Gasteiger partial charge is 0.157 e. The molecule has 0 rings (SSSR count). The maximum Gasteiger partial charge on any atom is 0.157 e. The Bertz CT molecular complexity index is 212. The summed E-state index contributed by atoms with van der Waals surface area (Å²) in [6.07, 6.45) is 1.60. The highest BCUT2D eigenvalue weighted by molar-refractivity contribution is 7.74. The van der Waals surface area contributed by atoms with Crippen LogP contribution in [0.15, 0.2) is 12.2 Å². The lowest BCUT2D eigenvalue weighted by Gasteiger charge is -2.04. The van der Waals surface area contributed by atoms with Crippen LogP contribution >= 0.6 is 0 Å². The number of carbonyl (C=O) groups is 1. The fourth-order valence-electron chi connectivity index (χ4n) is 0.728. The molecule has 0 radical (unpaired) electrons. The molecule has 76 valence electrons. The van der Waals surface area contributed by atoms with Crippen molar-refractivity contribution < 1.29 is 17.7 Å². The third kappa shape index (κ3) is 7.83. The highest BCUT2D eigenvalue weighted by Crippen LogP contribution is 2.02. The van der Waals surface area contributed by atoms with Crippen molar-refractivity contribution in [1.82, 2.24) is 0 Å². The predicted octanol–water partition coefficient (Wildman–Crippen LogP) is 1.11. The third-order valence-corrected chi connectivity index (χ3v) is 1.81. The summed E-state index contributed by atoms with van der Waals surface area (Å²) in [5.41, 5.74) is 0.535. The summed E-state index contributed by atoms with van der Waals surface area (Å²) in [5.74, 6) is 0.0169. The molecule has 1 atom stereocenters. The number of ketones is 1. The van der Waals surface area contributed by atoms with Crippen LogP contribution in [0, 0.1) is 0 Å². The van der Waals surface area contributed by atoms with Gasteiger partial charge in [0.1, 0.15) is 0 Å². The van der Waals surface area contributed by atoms with Gasteiger partial charge in [0.05, 0.1) is 18.0 Å². The fourth-order valence-corrected chi connectivity index (χ4v) is 0.982. The molecule has 13 heavy (non-hydrogen) atoms. The number of allylic oxidation sites excluding steroid dienone is 1. The first-order valence-corrected chi connectivity index (χ1v) is 4.95. The standard InChI is InChI=1S/C8H14O4S/c1-7(2)8(9)5-3-4-6-12-13(10)11/h1,3-6H2,2H3,(H,10,11)/p-1. The van der Waals surface area contributed by atoms with Gasteiger partial charge >= 0.3 is 0 Å². The van der Waals surface area contributed by atoms with Crippen LogP contribution in [0.1, 0.15) is 26.2 Å². The Labute approximate surface area is 80.5 Å². The summed E-state index contributed by atoms with van der Waals surface area (Å²) >= 11 is -2.44. The van der Waals surface area contributed by atoms with Crippen molar-refractivity contribution in [2.75, 3.05) is 6.61 Å². The molecule has 0 bridgehead atoms. The van der Waals surface area contributed by atoms with Crippen LogP contribution in [0.2, 0.25) is 0 Å². The van der Waals surface area contributed by atoms with Gasteiger partial charge in [-0.3, -0.25) is 4.79 Å². The second-order valence-electron chi connectivity index (χ2n) is 2.69. The Balaban J connectivity index is 3.31. The van der Waals surface area contributed by atoms with Crippen molar-refractivity contribution in [3.05, 3.63) is 12.2 Å². The Morgan fingerprint density at radius 3 is 2.62 bits per heavy atom. The Kier molecular flexibility index (Phi) is 6.66. The van der Waals surface area contributed by atoms with Gasteiger partial charge in [0.25, 0.3) is 0 Å². The van der Waals surface area contributed by atoms with E-state index in [1.807, 2.05) is 0 Å². The van der Waals surface area contributed by atoms with Crippen molar-refractivity contribution in [2.24, 2.45) is 0 Å². The van der Waals surface area contributed by atoms with E-state index < -0.39 is 11.4 Å². The Hall–Kier alpha value is -0.520. The first-order valence-electron chi connectivity index (χ1n) is 3.95. The molecule has 0 aliphatic rings. The van der Waals surface area contributed by atoms with Gasteiger partial charge in [-0.2, -0.15) is 0 Å². The van der Waals surface area contributed by atoms with Gasteiger partial charge in [-0.25, -0.2) is 4.21 Å². The molecule has 0 aliphatic heterocycles. The molecule has 0 saturated heterocycles. The zero-order valence-electron chi connectivity index (χ0n) is 7.58. The number of rotatable bonds is 7. The van der Waals surface area contributed by atoms with Crippen LogP contribution in [0.3, 0.4) is 0 Å². The van der Waals surface area contributed by atoms with Gasteiger partial charge in [0.2, 0.25) is 0 Å². The molecular formula is C8H13O4S-. The van der Waals surface area contributed by atoms with E-state index in [1.165, 1.54) is 0 Å². The lowest BCUT2D eigenvalue weighted by atomic mass is 10.1. The molecule has 0 aromatic rings. The maximum atomic E-state index is 11.0. The van der Waals surface area contributed by atoms with Crippen molar-refractivity contribution in [3.8, 4) is 0 Å². The monoisotopic (exact) mass is 205 g/mol. The largest absolute Gasteiger partial charge is 0.750 e. The van der Waals surface area contributed by atoms with Gasteiger partial charge in [0.15, 0.2) is 5.78 Å². The minimum atomic E-state index is -2.44. The molecular weight excluding hydrogens is 192 g/mol. The summed E-state index contributed by atoms with van der Waals surface area (Å²) in [4.78, 5) is 11.0. The van der Waals surface area contributed by atoms with Crippen LogP contribution in [-0.4, -0.2) is 21.2 Å². The number of carbonyl (C=O) groups excluding carboxylic acids is 1. The molecule has 0 N–H and O–H groups in total. The van der Waals surface area contributed by atoms with Crippen molar-refractivity contribution in [1.29, 1.82) is 0 Å². The van der Waals surface area contributed by atoms with E-state index in [2.05, 4.69) is 10.8 Å². The van der Waals surface area contributed by atoms with Crippen LogP contribution in [0.5, 0.6) is 0 Å². The number of hydrogen-bond donors (Lipinski definition) is 0. The minimum Gasteiger partial charge on any atom is -0.750 e. The zero-order valence-corrected chi connectivity index (χ0v) is 8.39. The predicted molar refractivity (Wildman–Crippen MR) is 48.5 cm³/mol. The molecule has 0 saturated carbocycles. The molecule has 0 fully saturated rings. The molecule has 0 aromatic carbocycles. The molecule has 0 spiro atoms. The third-order valence-electron chi connectivity index (χ3n) is 1.45. The van der Waals surface area contributed by atoms with E-state index in [1.54, 1.807) is 6.92 Å². The molecule has 0 aromatic heterocycles. The van der Waals surface area contributed by atoms with Crippen LogP contribution in [-0.2, 0) is 20.3 Å². The van der Waals surface area contributed by atoms with Gasteiger partial charge in [-0.1, -0.05) is 6.58 Å². The quantitative estimate of drug-likeness (QED) is 0.355. The second-order valence-corrected chi connectivity index (χ2v) is 3.33. The Morgan fingerprint density at radius 2 is 2.15 bits per heavy atom. The van der Waals surface area contributed by atoms with Gasteiger partial charge < -0.3 is 8.74 Å². The van der Waals surface area contributed by atoms with E-state index in [4.69, 9.17) is 0 Å². The fraction of sp³-hybridized carbons (Fsp3) is 0.625. The molecule has 1 unspecified atom stereocenters. The van der Waals surface area contributed by atoms with Gasteiger partial charge in [-0.15, -0.1) is 0 Å². The normalized spacial score (nSPS) is 12.5.